The molecule has 0 saturated heterocycles. The Labute approximate surface area is 149 Å². The quantitative estimate of drug-likeness (QED) is 0.459. The van der Waals surface area contributed by atoms with E-state index in [2.05, 4.69) is 15.4 Å². The number of carboxylic acid groups (broad SMARTS) is 1. The molecule has 5 N–H and O–H groups in total. The molecule has 26 heavy (non-hydrogen) atoms. The molecular formula is C15H20BN5O5. The summed E-state index contributed by atoms with van der Waals surface area (Å²) in [7, 11) is -1.32. The fourth-order valence-corrected chi connectivity index (χ4v) is 3.14. The van der Waals surface area contributed by atoms with Crippen LogP contribution in [0.4, 0.5) is 0 Å². The lowest BCUT2D eigenvalue weighted by Crippen LogP contribution is -2.51. The number of hydrogen-bond acceptors (Lipinski definition) is 7. The molecule has 0 aromatic carbocycles. The van der Waals surface area contributed by atoms with E-state index in [0.717, 1.165) is 5.57 Å². The number of hydrogen-bond donors (Lipinski definition) is 4. The minimum absolute atomic E-state index is 0.0509. The second-order valence-electron chi connectivity index (χ2n) is 6.15. The van der Waals surface area contributed by atoms with Gasteiger partial charge in [0, 0.05) is 6.42 Å². The third kappa shape index (κ3) is 3.78. The van der Waals surface area contributed by atoms with Crippen LogP contribution < -0.4 is 11.1 Å². The number of amides is 1. The SMILES string of the molecule is NCCc1ncnn1CC(=O)N[C@H]1CC2=C(OB1O)C(C(=O)O)=CCC2. The number of carbonyl (C=O) groups excluding carboxylic acids is 1. The van der Waals surface area contributed by atoms with E-state index < -0.39 is 19.0 Å². The van der Waals surface area contributed by atoms with Crippen molar-refractivity contribution in [2.45, 2.75) is 38.2 Å². The van der Waals surface area contributed by atoms with E-state index in [1.165, 1.54) is 11.0 Å². The summed E-state index contributed by atoms with van der Waals surface area (Å²) in [5, 5.41) is 26.1. The average molecular weight is 361 g/mol. The molecule has 0 radical (unpaired) electrons. The largest absolute Gasteiger partial charge is 0.547 e. The number of allylic oxidation sites excluding steroid dienone is 1. The van der Waals surface area contributed by atoms with Crippen LogP contribution in [-0.4, -0.2) is 56.4 Å². The summed E-state index contributed by atoms with van der Waals surface area (Å²) >= 11 is 0. The van der Waals surface area contributed by atoms with Crippen LogP contribution in [0.15, 0.2) is 29.3 Å². The van der Waals surface area contributed by atoms with E-state index in [-0.39, 0.29) is 23.8 Å². The molecule has 1 atom stereocenters. The average Bonchev–Trinajstić information content (AvgIpc) is 3.02. The molecule has 10 nitrogen and oxygen atoms in total. The summed E-state index contributed by atoms with van der Waals surface area (Å²) in [4.78, 5) is 27.6. The summed E-state index contributed by atoms with van der Waals surface area (Å²) in [6, 6.07) is 0. The number of nitrogens with two attached hydrogens (primary N) is 1. The van der Waals surface area contributed by atoms with Gasteiger partial charge in [-0.2, -0.15) is 5.10 Å². The number of carboxylic acids is 1. The Morgan fingerprint density at radius 3 is 3.04 bits per heavy atom. The Morgan fingerprint density at radius 2 is 2.31 bits per heavy atom. The first kappa shape index (κ1) is 18.1. The highest BCUT2D eigenvalue weighted by Gasteiger charge is 2.40. The lowest BCUT2D eigenvalue weighted by molar-refractivity contribution is -0.132. The fourth-order valence-electron chi connectivity index (χ4n) is 3.14. The van der Waals surface area contributed by atoms with Crippen molar-refractivity contribution in [1.82, 2.24) is 20.1 Å². The normalized spacial score (nSPS) is 19.5. The van der Waals surface area contributed by atoms with Gasteiger partial charge in [-0.3, -0.25) is 4.79 Å². The lowest BCUT2D eigenvalue weighted by Gasteiger charge is -2.32. The molecule has 138 valence electrons. The number of aromatic nitrogens is 3. The highest BCUT2D eigenvalue weighted by Crippen LogP contribution is 2.33. The highest BCUT2D eigenvalue weighted by atomic mass is 16.5. The molecule has 3 rings (SSSR count). The Balaban J connectivity index is 1.66. The van der Waals surface area contributed by atoms with Gasteiger partial charge < -0.3 is 25.8 Å². The van der Waals surface area contributed by atoms with Crippen molar-refractivity contribution in [3.63, 3.8) is 0 Å². The van der Waals surface area contributed by atoms with E-state index in [1.54, 1.807) is 6.08 Å². The first-order chi connectivity index (χ1) is 12.5. The Kier molecular flexibility index (Phi) is 5.38. The summed E-state index contributed by atoms with van der Waals surface area (Å²) in [5.74, 6) is -1.28. The summed E-state index contributed by atoms with van der Waals surface area (Å²) in [6.07, 6.45) is 4.99. The maximum Gasteiger partial charge on any atom is 0.547 e. The van der Waals surface area contributed by atoms with Gasteiger partial charge >= 0.3 is 13.1 Å². The molecule has 1 amide bonds. The lowest BCUT2D eigenvalue weighted by atomic mass is 9.70. The highest BCUT2D eigenvalue weighted by molar-refractivity contribution is 6.46. The minimum Gasteiger partial charge on any atom is -0.534 e. The molecule has 0 fully saturated rings. The number of rotatable bonds is 6. The second-order valence-corrected chi connectivity index (χ2v) is 6.15. The Morgan fingerprint density at radius 1 is 1.50 bits per heavy atom. The molecule has 1 aromatic heterocycles. The molecule has 1 aromatic rings. The summed E-state index contributed by atoms with van der Waals surface area (Å²) in [5.41, 5.74) is 6.34. The number of aliphatic carboxylic acids is 1. The maximum absolute atomic E-state index is 12.3. The van der Waals surface area contributed by atoms with Crippen molar-refractivity contribution in [2.24, 2.45) is 5.73 Å². The van der Waals surface area contributed by atoms with Crippen LogP contribution in [0.25, 0.3) is 0 Å². The van der Waals surface area contributed by atoms with Gasteiger partial charge in [-0.1, -0.05) is 6.08 Å². The van der Waals surface area contributed by atoms with Crippen molar-refractivity contribution in [2.75, 3.05) is 6.54 Å². The van der Waals surface area contributed by atoms with Crippen LogP contribution in [0, 0.1) is 0 Å². The van der Waals surface area contributed by atoms with Crippen LogP contribution >= 0.6 is 0 Å². The van der Waals surface area contributed by atoms with E-state index in [0.29, 0.717) is 38.1 Å². The van der Waals surface area contributed by atoms with Gasteiger partial charge in [0.05, 0.1) is 11.5 Å². The number of carbonyl (C=O) groups is 2. The van der Waals surface area contributed by atoms with Crippen molar-refractivity contribution in [3.8, 4) is 0 Å². The van der Waals surface area contributed by atoms with E-state index >= 15 is 0 Å². The summed E-state index contributed by atoms with van der Waals surface area (Å²) < 4.78 is 6.85. The Bertz CT molecular complexity index is 774. The smallest absolute Gasteiger partial charge is 0.534 e. The van der Waals surface area contributed by atoms with Gasteiger partial charge in [0.15, 0.2) is 0 Å². The standard InChI is InChI=1S/C15H20BN5O5/c17-5-4-12-18-8-19-21(12)7-13(22)20-11-6-9-2-1-3-10(15(23)24)14(9)26-16(11)25/h3,8,11,25H,1-2,4-7,17H2,(H,20,22)(H,23,24)/t11-/m0/s1. The van der Waals surface area contributed by atoms with Gasteiger partial charge in [-0.25, -0.2) is 14.5 Å². The molecular weight excluding hydrogens is 341 g/mol. The zero-order chi connectivity index (χ0) is 18.7. The van der Waals surface area contributed by atoms with Crippen LogP contribution in [0.2, 0.25) is 0 Å². The van der Waals surface area contributed by atoms with Crippen LogP contribution in [-0.2, 0) is 27.2 Å². The first-order valence-corrected chi connectivity index (χ1v) is 8.36. The molecule has 11 heteroatoms. The monoisotopic (exact) mass is 361 g/mol. The minimum atomic E-state index is -1.32. The first-order valence-electron chi connectivity index (χ1n) is 8.36. The third-order valence-corrected chi connectivity index (χ3v) is 4.34. The van der Waals surface area contributed by atoms with Crippen molar-refractivity contribution < 1.29 is 24.4 Å². The van der Waals surface area contributed by atoms with Crippen LogP contribution in [0.1, 0.15) is 25.1 Å². The van der Waals surface area contributed by atoms with Gasteiger partial charge in [-0.15, -0.1) is 0 Å². The van der Waals surface area contributed by atoms with Crippen LogP contribution in [0.5, 0.6) is 0 Å². The maximum atomic E-state index is 12.3. The zero-order valence-electron chi connectivity index (χ0n) is 14.1. The molecule has 0 saturated carbocycles. The van der Waals surface area contributed by atoms with Crippen molar-refractivity contribution >= 4 is 19.0 Å². The molecule has 2 aliphatic rings. The second kappa shape index (κ2) is 7.71. The van der Waals surface area contributed by atoms with Crippen molar-refractivity contribution in [1.29, 1.82) is 0 Å². The Hall–Kier alpha value is -2.66. The van der Waals surface area contributed by atoms with Gasteiger partial charge in [-0.05, 0) is 31.4 Å². The predicted molar refractivity (Wildman–Crippen MR) is 90.4 cm³/mol. The van der Waals surface area contributed by atoms with E-state index in [1.807, 2.05) is 0 Å². The van der Waals surface area contributed by atoms with Gasteiger partial charge in [0.1, 0.15) is 24.5 Å². The van der Waals surface area contributed by atoms with Gasteiger partial charge in [0.25, 0.3) is 0 Å². The van der Waals surface area contributed by atoms with E-state index in [9.17, 15) is 19.7 Å². The number of nitrogens with one attached hydrogen (secondary N) is 1. The fraction of sp³-hybridized carbons (Fsp3) is 0.467. The predicted octanol–water partition coefficient (Wildman–Crippen LogP) is -1.24. The number of nitrogens with zero attached hydrogens (tertiary/aromatic N) is 3. The molecule has 0 unspecified atom stereocenters. The van der Waals surface area contributed by atoms with E-state index in [4.69, 9.17) is 10.4 Å². The molecule has 0 bridgehead atoms. The zero-order valence-corrected chi connectivity index (χ0v) is 14.1. The van der Waals surface area contributed by atoms with Crippen LogP contribution in [0.3, 0.4) is 0 Å². The van der Waals surface area contributed by atoms with Crippen molar-refractivity contribution in [3.05, 3.63) is 35.1 Å². The molecule has 1 aliphatic carbocycles. The van der Waals surface area contributed by atoms with Gasteiger partial charge in [0.2, 0.25) is 5.91 Å². The molecule has 0 spiro atoms. The molecule has 2 heterocycles. The third-order valence-electron chi connectivity index (χ3n) is 4.34. The topological polar surface area (TPSA) is 153 Å². The summed E-state index contributed by atoms with van der Waals surface area (Å²) in [6.45, 7) is 0.344. The molecule has 1 aliphatic heterocycles.